The van der Waals surface area contributed by atoms with Crippen molar-refractivity contribution < 1.29 is 91.4 Å². The minimum absolute atomic E-state index is 0.0278. The van der Waals surface area contributed by atoms with Gasteiger partial charge in [-0.15, -0.1) is 15.3 Å². The molecule has 0 aliphatic heterocycles. The Morgan fingerprint density at radius 2 is 0.746 bits per heavy atom. The molecule has 0 unspecified atom stereocenters. The SMILES string of the molecule is COc1ccc(CN(Cc2ccc(OC)cc2)S(=O)(=O)c2c(S(=O)(=O)N[C@H](CO)CNC(=O)OC(C)(C)C)ccc(I)c2-c2nnn(Cc3ccc(OC)cc3)n2)cc1.COc1ccc(CN(Cc2ccc(OC)cc2)S(=O)(=O)c2c(S(=O)(=O)N[C@H](CO)CNC(=O)OC(C)(C)C)ccc(I)c2-c2nnnn2Cc2ccc(OC)cc2)cc1. The van der Waals surface area contributed by atoms with Crippen molar-refractivity contribution in [2.24, 2.45) is 0 Å². The van der Waals surface area contributed by atoms with Gasteiger partial charge >= 0.3 is 12.2 Å². The highest BCUT2D eigenvalue weighted by molar-refractivity contribution is 14.1. The van der Waals surface area contributed by atoms with Crippen molar-refractivity contribution in [1.29, 1.82) is 0 Å². The molecule has 2 amide bonds. The first-order valence-electron chi connectivity index (χ1n) is 36.1. The van der Waals surface area contributed by atoms with Gasteiger partial charge in [-0.25, -0.2) is 57.4 Å². The predicted octanol–water partition coefficient (Wildman–Crippen LogP) is 9.15. The van der Waals surface area contributed by atoms with Crippen molar-refractivity contribution in [3.05, 3.63) is 210 Å². The van der Waals surface area contributed by atoms with E-state index in [1.165, 1.54) is 56.1 Å². The highest BCUT2D eigenvalue weighted by Gasteiger charge is 2.41. The maximum atomic E-state index is 15.5. The van der Waals surface area contributed by atoms with E-state index in [0.29, 0.717) is 63.9 Å². The van der Waals surface area contributed by atoms with Crippen molar-refractivity contribution in [2.75, 3.05) is 69.0 Å². The lowest BCUT2D eigenvalue weighted by atomic mass is 10.2. The van der Waals surface area contributed by atoms with Crippen LogP contribution in [0.2, 0.25) is 0 Å². The van der Waals surface area contributed by atoms with E-state index in [9.17, 15) is 36.6 Å². The Labute approximate surface area is 712 Å². The number of methoxy groups -OCH3 is 6. The lowest BCUT2D eigenvalue weighted by molar-refractivity contribution is 0.0508. The number of carbonyl (C=O) groups excluding carboxylic acids is 2. The molecule has 2 aromatic heterocycles. The zero-order valence-electron chi connectivity index (χ0n) is 66.5. The summed E-state index contributed by atoms with van der Waals surface area (Å²) >= 11 is 3.83. The number of tetrazole rings is 2. The minimum atomic E-state index is -4.84. The Kier molecular flexibility index (Phi) is 31.9. The molecule has 2 atom stereocenters. The summed E-state index contributed by atoms with van der Waals surface area (Å²) in [6.45, 7) is 7.18. The van der Waals surface area contributed by atoms with E-state index in [1.54, 1.807) is 189 Å². The van der Waals surface area contributed by atoms with E-state index >= 15 is 16.8 Å². The van der Waals surface area contributed by atoms with Gasteiger partial charge in [0.25, 0.3) is 0 Å². The molecule has 0 aliphatic carbocycles. The average Bonchev–Trinajstić information content (AvgIpc) is 1.14. The summed E-state index contributed by atoms with van der Waals surface area (Å²) in [5, 5.41) is 50.6. The van der Waals surface area contributed by atoms with Gasteiger partial charge in [0.2, 0.25) is 45.9 Å². The van der Waals surface area contributed by atoms with Crippen LogP contribution >= 0.6 is 45.2 Å². The van der Waals surface area contributed by atoms with Crippen LogP contribution < -0.4 is 48.5 Å². The standard InChI is InChI=1S/2C39H46IN7O10S2/c1-39(2,3)57-38(49)41-21-29(25-48)44-58(50,51)34-20-19-33(40)35(37-42-45-47(43-37)24-28-11-17-32(56-6)18-12-28)36(34)59(52,53)46(22-26-7-13-30(54-4)14-8-26)23-27-9-15-31(55-5)16-10-27;1-39(2,3)57-38(49)41-21-29(25-48)43-58(50,51)34-20-19-33(40)35(37-42-44-45-47(37)24-28-11-17-32(56-6)18-12-28)36(34)59(52,53)46(22-26-7-13-30(54-4)14-8-26)23-27-9-15-31(55-5)16-10-27/h7-20,29,44,48H,21-25H2,1-6H3,(H,41,49);7-20,29,43,48H,21-25H2,1-6H3,(H,41,49)/t2*29-/m00/s1. The molecule has 0 bridgehead atoms. The fourth-order valence-electron chi connectivity index (χ4n) is 11.5. The first kappa shape index (κ1) is 92.1. The van der Waals surface area contributed by atoms with E-state index in [2.05, 4.69) is 51.0 Å². The maximum Gasteiger partial charge on any atom is 0.407 e. The van der Waals surface area contributed by atoms with Crippen LogP contribution in [0.5, 0.6) is 34.5 Å². The molecular formula is C78H92I2N14O20S4. The second-order valence-electron chi connectivity index (χ2n) is 28.2. The van der Waals surface area contributed by atoms with Gasteiger partial charge in [-0.3, -0.25) is 0 Å². The van der Waals surface area contributed by atoms with Crippen LogP contribution in [0.15, 0.2) is 189 Å². The number of carbonyl (C=O) groups is 2. The van der Waals surface area contributed by atoms with Gasteiger partial charge < -0.3 is 58.7 Å². The quantitative estimate of drug-likeness (QED) is 0.0199. The second-order valence-corrected chi connectivity index (χ2v) is 37.6. The Morgan fingerprint density at radius 1 is 0.432 bits per heavy atom. The summed E-state index contributed by atoms with van der Waals surface area (Å²) < 4.78 is 171. The number of hydrogen-bond donors (Lipinski definition) is 6. The number of alkyl carbamates (subject to hydrolysis) is 2. The summed E-state index contributed by atoms with van der Waals surface area (Å²) in [5.74, 6) is 3.31. The van der Waals surface area contributed by atoms with Gasteiger partial charge in [0, 0.05) is 46.4 Å². The molecular weight excluding hydrogens is 1840 g/mol. The third kappa shape index (κ3) is 24.9. The van der Waals surface area contributed by atoms with E-state index in [-0.39, 0.29) is 75.1 Å². The smallest absolute Gasteiger partial charge is 0.407 e. The molecule has 6 N–H and O–H groups in total. The zero-order chi connectivity index (χ0) is 85.9. The summed E-state index contributed by atoms with van der Waals surface area (Å²) in [4.78, 5) is 23.6. The Morgan fingerprint density at radius 3 is 1.07 bits per heavy atom. The fraction of sp³-hybridized carbons (Fsp3) is 0.333. The van der Waals surface area contributed by atoms with Crippen molar-refractivity contribution in [3.63, 3.8) is 0 Å². The second kappa shape index (κ2) is 40.8. The summed E-state index contributed by atoms with van der Waals surface area (Å²) in [7, 11) is -10.1. The van der Waals surface area contributed by atoms with Crippen LogP contribution in [0.3, 0.4) is 0 Å². The van der Waals surface area contributed by atoms with Crippen LogP contribution in [0, 0.1) is 7.14 Å². The highest BCUT2D eigenvalue weighted by atomic mass is 127. The number of amides is 2. The lowest BCUT2D eigenvalue weighted by Crippen LogP contribution is -2.47. The Balaban J connectivity index is 0.000000269. The number of nitrogens with zero attached hydrogens (tertiary/aromatic N) is 10. The normalized spacial score (nSPS) is 12.6. The number of hydrogen-bond acceptors (Lipinski definition) is 26. The molecule has 632 valence electrons. The van der Waals surface area contributed by atoms with Crippen LogP contribution in [0.1, 0.15) is 74.9 Å². The molecule has 118 heavy (non-hydrogen) atoms. The lowest BCUT2D eigenvalue weighted by Gasteiger charge is -2.26. The molecule has 0 fully saturated rings. The van der Waals surface area contributed by atoms with Crippen LogP contribution in [-0.4, -0.2) is 197 Å². The van der Waals surface area contributed by atoms with Crippen molar-refractivity contribution in [1.82, 2.24) is 69.1 Å². The van der Waals surface area contributed by atoms with Crippen molar-refractivity contribution in [3.8, 4) is 57.3 Å². The summed E-state index contributed by atoms with van der Waals surface area (Å²) in [5.41, 5.74) is 1.98. The minimum Gasteiger partial charge on any atom is -0.497 e. The summed E-state index contributed by atoms with van der Waals surface area (Å²) in [6, 6.07) is 44.1. The van der Waals surface area contributed by atoms with Gasteiger partial charge in [0.05, 0.1) is 92.2 Å². The molecule has 10 rings (SSSR count). The molecule has 40 heteroatoms. The van der Waals surface area contributed by atoms with Gasteiger partial charge in [-0.2, -0.15) is 13.4 Å². The number of nitrogens with one attached hydrogen (secondary N) is 4. The van der Waals surface area contributed by atoms with E-state index < -0.39 is 108 Å². The number of aromatic nitrogens is 8. The number of rotatable bonds is 36. The molecule has 10 aromatic rings. The number of benzene rings is 8. The molecule has 0 saturated carbocycles. The monoisotopic (exact) mass is 1930 g/mol. The molecule has 34 nitrogen and oxygen atoms in total. The Hall–Kier alpha value is -9.74. The topological polar surface area (TPSA) is 427 Å². The molecule has 0 spiro atoms. The highest BCUT2D eigenvalue weighted by Crippen LogP contribution is 2.41. The number of aliphatic hydroxyl groups excluding tert-OH is 2. The number of ether oxygens (including phenoxy) is 8. The van der Waals surface area contributed by atoms with Crippen LogP contribution in [0.25, 0.3) is 22.8 Å². The van der Waals surface area contributed by atoms with Gasteiger partial charge in [0.1, 0.15) is 65.3 Å². The zero-order valence-corrected chi connectivity index (χ0v) is 74.1. The first-order valence-corrected chi connectivity index (χ1v) is 44.1. The van der Waals surface area contributed by atoms with Gasteiger partial charge in [0.15, 0.2) is 5.82 Å². The third-order valence-corrected chi connectivity index (χ3v) is 26.2. The first-order chi connectivity index (χ1) is 55.9. The molecule has 0 radical (unpaired) electrons. The molecule has 0 aliphatic rings. The van der Waals surface area contributed by atoms with Gasteiger partial charge in [-0.1, -0.05) is 72.8 Å². The number of aliphatic hydroxyl groups is 2. The predicted molar refractivity (Wildman–Crippen MR) is 452 cm³/mol. The van der Waals surface area contributed by atoms with Crippen molar-refractivity contribution in [2.45, 2.75) is 124 Å². The van der Waals surface area contributed by atoms with Crippen molar-refractivity contribution >= 4 is 97.5 Å². The molecule has 2 heterocycles. The largest absolute Gasteiger partial charge is 0.497 e. The van der Waals surface area contributed by atoms with E-state index in [1.807, 2.05) is 57.3 Å². The molecule has 8 aromatic carbocycles. The average molecular weight is 1930 g/mol. The third-order valence-electron chi connectivity index (χ3n) is 17.3. The fourth-order valence-corrected chi connectivity index (χ4v) is 20.5. The van der Waals surface area contributed by atoms with Gasteiger partial charge in [-0.05, 0) is 233 Å². The number of sulfonamides is 4. The van der Waals surface area contributed by atoms with E-state index in [4.69, 9.17) is 37.9 Å². The number of halogens is 2. The van der Waals surface area contributed by atoms with E-state index in [0.717, 1.165) is 25.8 Å². The molecule has 0 saturated heterocycles. The van der Waals surface area contributed by atoms with Crippen LogP contribution in [0.4, 0.5) is 9.59 Å². The van der Waals surface area contributed by atoms with Crippen LogP contribution in [-0.2, 0) is 88.8 Å². The maximum absolute atomic E-state index is 15.5. The Bertz CT molecular complexity index is 5440. The summed E-state index contributed by atoms with van der Waals surface area (Å²) in [6.07, 6.45) is -1.68.